The topological polar surface area (TPSA) is 40.5 Å². The van der Waals surface area contributed by atoms with Gasteiger partial charge >= 0.3 is 0 Å². The molecule has 2 atom stereocenters. The van der Waals surface area contributed by atoms with Crippen molar-refractivity contribution in [2.24, 2.45) is 0 Å². The minimum atomic E-state index is -1.09. The third kappa shape index (κ3) is 1.82. The first-order valence-electron chi connectivity index (χ1n) is 3.64. The number of aliphatic hydroxyl groups is 2. The Kier molecular flexibility index (Phi) is 3.61. The van der Waals surface area contributed by atoms with Crippen LogP contribution in [0.5, 0.6) is 0 Å². The summed E-state index contributed by atoms with van der Waals surface area (Å²) in [6.07, 6.45) is 1.78. The highest BCUT2D eigenvalue weighted by molar-refractivity contribution is 4.99. The summed E-state index contributed by atoms with van der Waals surface area (Å²) in [6, 6.07) is 0. The molecule has 0 amide bonds. The predicted molar refractivity (Wildman–Crippen MR) is 41.7 cm³/mol. The third-order valence-corrected chi connectivity index (χ3v) is 1.88. The summed E-state index contributed by atoms with van der Waals surface area (Å²) < 4.78 is 0. The molecule has 2 heteroatoms. The van der Waals surface area contributed by atoms with Crippen molar-refractivity contribution in [3.8, 4) is 0 Å². The Bertz CT molecular complexity index is 112. The standard InChI is InChI=1S/C8H16O2/c1-4-7(9)8(10,5-2)6-3/h5,7,9-10H,2,4,6H2,1,3H3. The van der Waals surface area contributed by atoms with E-state index in [0.717, 1.165) is 0 Å². The van der Waals surface area contributed by atoms with Crippen LogP contribution in [0.1, 0.15) is 26.7 Å². The van der Waals surface area contributed by atoms with Gasteiger partial charge in [-0.2, -0.15) is 0 Å². The van der Waals surface area contributed by atoms with E-state index in [1.165, 1.54) is 6.08 Å². The summed E-state index contributed by atoms with van der Waals surface area (Å²) in [5.74, 6) is 0. The Morgan fingerprint density at radius 3 is 2.20 bits per heavy atom. The Balaban J connectivity index is 4.16. The number of aliphatic hydroxyl groups excluding tert-OH is 1. The number of hydrogen-bond donors (Lipinski definition) is 2. The quantitative estimate of drug-likeness (QED) is 0.580. The molecule has 60 valence electrons. The lowest BCUT2D eigenvalue weighted by atomic mass is 9.92. The Morgan fingerprint density at radius 1 is 1.60 bits per heavy atom. The molecule has 0 aromatic carbocycles. The summed E-state index contributed by atoms with van der Waals surface area (Å²) in [5, 5.41) is 18.8. The zero-order valence-corrected chi connectivity index (χ0v) is 6.67. The number of hydrogen-bond acceptors (Lipinski definition) is 2. The molecule has 2 N–H and O–H groups in total. The molecule has 0 aromatic rings. The maximum absolute atomic E-state index is 9.53. The van der Waals surface area contributed by atoms with E-state index in [4.69, 9.17) is 0 Å². The van der Waals surface area contributed by atoms with Gasteiger partial charge in [0.25, 0.3) is 0 Å². The van der Waals surface area contributed by atoms with Crippen LogP contribution in [-0.4, -0.2) is 21.9 Å². The summed E-state index contributed by atoms with van der Waals surface area (Å²) in [6.45, 7) is 7.11. The van der Waals surface area contributed by atoms with Gasteiger partial charge in [-0.25, -0.2) is 0 Å². The zero-order valence-electron chi connectivity index (χ0n) is 6.67. The van der Waals surface area contributed by atoms with Crippen molar-refractivity contribution in [3.05, 3.63) is 12.7 Å². The molecule has 0 rings (SSSR count). The second kappa shape index (κ2) is 3.74. The molecule has 0 aromatic heterocycles. The summed E-state index contributed by atoms with van der Waals surface area (Å²) >= 11 is 0. The van der Waals surface area contributed by atoms with Gasteiger partial charge in [-0.1, -0.05) is 19.9 Å². The van der Waals surface area contributed by atoms with Crippen LogP contribution in [0.2, 0.25) is 0 Å². The van der Waals surface area contributed by atoms with E-state index in [2.05, 4.69) is 6.58 Å². The van der Waals surface area contributed by atoms with Gasteiger partial charge in [-0.3, -0.25) is 0 Å². The predicted octanol–water partition coefficient (Wildman–Crippen LogP) is 1.08. The molecule has 0 aliphatic rings. The number of rotatable bonds is 4. The molecule has 0 saturated heterocycles. The molecule has 0 spiro atoms. The molecular weight excluding hydrogens is 128 g/mol. The van der Waals surface area contributed by atoms with Crippen LogP contribution < -0.4 is 0 Å². The largest absolute Gasteiger partial charge is 0.390 e. The van der Waals surface area contributed by atoms with E-state index in [1.807, 2.05) is 13.8 Å². The molecule has 0 heterocycles. The maximum Gasteiger partial charge on any atom is 0.108 e. The van der Waals surface area contributed by atoms with E-state index in [1.54, 1.807) is 0 Å². The van der Waals surface area contributed by atoms with Gasteiger partial charge in [-0.05, 0) is 12.8 Å². The minimum absolute atomic E-state index is 0.505. The van der Waals surface area contributed by atoms with Crippen LogP contribution >= 0.6 is 0 Å². The Morgan fingerprint density at radius 2 is 2.10 bits per heavy atom. The fraction of sp³-hybridized carbons (Fsp3) is 0.750. The van der Waals surface area contributed by atoms with Crippen molar-refractivity contribution in [1.82, 2.24) is 0 Å². The molecule has 0 fully saturated rings. The van der Waals surface area contributed by atoms with Gasteiger partial charge in [0.15, 0.2) is 0 Å². The molecule has 0 aliphatic carbocycles. The molecular formula is C8H16O2. The average molecular weight is 144 g/mol. The normalized spacial score (nSPS) is 19.6. The van der Waals surface area contributed by atoms with Crippen molar-refractivity contribution in [3.63, 3.8) is 0 Å². The van der Waals surface area contributed by atoms with Gasteiger partial charge in [0, 0.05) is 0 Å². The van der Waals surface area contributed by atoms with Crippen molar-refractivity contribution in [1.29, 1.82) is 0 Å². The van der Waals surface area contributed by atoms with E-state index in [-0.39, 0.29) is 0 Å². The van der Waals surface area contributed by atoms with Crippen molar-refractivity contribution in [2.75, 3.05) is 0 Å². The van der Waals surface area contributed by atoms with Gasteiger partial charge in [0.2, 0.25) is 0 Å². The lowest BCUT2D eigenvalue weighted by molar-refractivity contribution is -0.0426. The van der Waals surface area contributed by atoms with Gasteiger partial charge in [-0.15, -0.1) is 6.58 Å². The SMILES string of the molecule is C=CC(O)(CC)C(O)CC. The lowest BCUT2D eigenvalue weighted by Gasteiger charge is -2.27. The Hall–Kier alpha value is -0.340. The fourth-order valence-corrected chi connectivity index (χ4v) is 0.869. The van der Waals surface area contributed by atoms with Gasteiger partial charge in [0.05, 0.1) is 6.10 Å². The summed E-state index contributed by atoms with van der Waals surface area (Å²) in [7, 11) is 0. The molecule has 0 saturated carbocycles. The summed E-state index contributed by atoms with van der Waals surface area (Å²) in [4.78, 5) is 0. The molecule has 0 radical (unpaired) electrons. The maximum atomic E-state index is 9.53. The molecule has 0 bridgehead atoms. The lowest BCUT2D eigenvalue weighted by Crippen LogP contribution is -2.38. The van der Waals surface area contributed by atoms with Crippen molar-refractivity contribution in [2.45, 2.75) is 38.4 Å². The van der Waals surface area contributed by atoms with Crippen LogP contribution in [0.25, 0.3) is 0 Å². The van der Waals surface area contributed by atoms with Crippen LogP contribution in [-0.2, 0) is 0 Å². The third-order valence-electron chi connectivity index (χ3n) is 1.88. The van der Waals surface area contributed by atoms with Crippen LogP contribution in [0, 0.1) is 0 Å². The fourth-order valence-electron chi connectivity index (χ4n) is 0.869. The monoisotopic (exact) mass is 144 g/mol. The molecule has 10 heavy (non-hydrogen) atoms. The van der Waals surface area contributed by atoms with Crippen LogP contribution in [0.3, 0.4) is 0 Å². The van der Waals surface area contributed by atoms with Crippen LogP contribution in [0.15, 0.2) is 12.7 Å². The molecule has 2 nitrogen and oxygen atoms in total. The van der Waals surface area contributed by atoms with E-state index < -0.39 is 11.7 Å². The summed E-state index contributed by atoms with van der Waals surface area (Å²) in [5.41, 5.74) is -1.09. The highest BCUT2D eigenvalue weighted by Crippen LogP contribution is 2.18. The second-order valence-electron chi connectivity index (χ2n) is 2.47. The van der Waals surface area contributed by atoms with Crippen LogP contribution in [0.4, 0.5) is 0 Å². The first-order chi connectivity index (χ1) is 4.60. The van der Waals surface area contributed by atoms with E-state index in [0.29, 0.717) is 12.8 Å². The van der Waals surface area contributed by atoms with E-state index >= 15 is 0 Å². The smallest absolute Gasteiger partial charge is 0.108 e. The first-order valence-corrected chi connectivity index (χ1v) is 3.64. The highest BCUT2D eigenvalue weighted by atomic mass is 16.3. The minimum Gasteiger partial charge on any atom is -0.390 e. The van der Waals surface area contributed by atoms with Gasteiger partial charge < -0.3 is 10.2 Å². The highest BCUT2D eigenvalue weighted by Gasteiger charge is 2.28. The average Bonchev–Trinajstić information content (AvgIpc) is 2.01. The van der Waals surface area contributed by atoms with Gasteiger partial charge in [0.1, 0.15) is 5.60 Å². The second-order valence-corrected chi connectivity index (χ2v) is 2.47. The molecule has 2 unspecified atom stereocenters. The first kappa shape index (κ1) is 9.66. The molecule has 0 aliphatic heterocycles. The zero-order chi connectivity index (χ0) is 8.20. The van der Waals surface area contributed by atoms with E-state index in [9.17, 15) is 10.2 Å². The van der Waals surface area contributed by atoms with Crippen molar-refractivity contribution < 1.29 is 10.2 Å². The van der Waals surface area contributed by atoms with Crippen molar-refractivity contribution >= 4 is 0 Å². The Labute approximate surface area is 62.2 Å².